The van der Waals surface area contributed by atoms with E-state index in [2.05, 4.69) is 5.32 Å². The number of aryl methyl sites for hydroxylation is 2. The molecule has 2 aromatic rings. The van der Waals surface area contributed by atoms with Crippen LogP contribution >= 0.6 is 0 Å². The van der Waals surface area contributed by atoms with Crippen LogP contribution in [0.4, 0.5) is 15.8 Å². The maximum Gasteiger partial charge on any atom is 0.232 e. The van der Waals surface area contributed by atoms with Crippen LogP contribution in [0.1, 0.15) is 17.5 Å². The number of amides is 1. The minimum atomic E-state index is -3.55. The van der Waals surface area contributed by atoms with Crippen molar-refractivity contribution >= 4 is 27.3 Å². The second-order valence-corrected chi connectivity index (χ2v) is 7.79. The summed E-state index contributed by atoms with van der Waals surface area (Å²) in [5, 5.41) is 2.45. The van der Waals surface area contributed by atoms with E-state index in [-0.39, 0.29) is 18.7 Å². The number of anilines is 2. The molecule has 1 amide bonds. The fourth-order valence-electron chi connectivity index (χ4n) is 2.35. The van der Waals surface area contributed by atoms with Crippen LogP contribution in [0, 0.1) is 19.7 Å². The lowest BCUT2D eigenvalue weighted by Crippen LogP contribution is -2.33. The molecule has 0 atom stereocenters. The third-order valence-electron chi connectivity index (χ3n) is 3.87. The molecule has 0 radical (unpaired) electrons. The van der Waals surface area contributed by atoms with Crippen molar-refractivity contribution < 1.29 is 17.6 Å². The molecular formula is C18H21FN2O3S. The summed E-state index contributed by atoms with van der Waals surface area (Å²) in [5.74, 6) is -0.993. The van der Waals surface area contributed by atoms with Gasteiger partial charge in [-0.2, -0.15) is 0 Å². The van der Waals surface area contributed by atoms with E-state index in [9.17, 15) is 17.6 Å². The summed E-state index contributed by atoms with van der Waals surface area (Å²) in [6.45, 7) is 3.80. The molecule has 2 rings (SSSR count). The van der Waals surface area contributed by atoms with Gasteiger partial charge >= 0.3 is 0 Å². The molecule has 2 aromatic carbocycles. The van der Waals surface area contributed by atoms with Crippen molar-refractivity contribution in [3.8, 4) is 0 Å². The van der Waals surface area contributed by atoms with Crippen LogP contribution in [-0.4, -0.2) is 27.1 Å². The molecule has 0 aliphatic heterocycles. The zero-order valence-electron chi connectivity index (χ0n) is 14.4. The first-order chi connectivity index (χ1) is 11.7. The summed E-state index contributed by atoms with van der Waals surface area (Å²) in [6, 6.07) is 11.1. The Bertz CT molecular complexity index is 882. The van der Waals surface area contributed by atoms with Crippen molar-refractivity contribution in [1.29, 1.82) is 0 Å². The summed E-state index contributed by atoms with van der Waals surface area (Å²) >= 11 is 0. The number of carbonyl (C=O) groups is 1. The Morgan fingerprint density at radius 1 is 1.12 bits per heavy atom. The Morgan fingerprint density at radius 2 is 1.80 bits per heavy atom. The van der Waals surface area contributed by atoms with Crippen LogP contribution in [0.3, 0.4) is 0 Å². The molecule has 0 unspecified atom stereocenters. The van der Waals surface area contributed by atoms with Crippen molar-refractivity contribution in [2.45, 2.75) is 20.3 Å². The number of nitrogens with zero attached hydrogens (tertiary/aromatic N) is 1. The Hall–Kier alpha value is -2.41. The van der Waals surface area contributed by atoms with Gasteiger partial charge in [-0.15, -0.1) is 0 Å². The van der Waals surface area contributed by atoms with Crippen molar-refractivity contribution in [2.75, 3.05) is 22.4 Å². The smallest absolute Gasteiger partial charge is 0.232 e. The van der Waals surface area contributed by atoms with Gasteiger partial charge in [0.25, 0.3) is 0 Å². The molecule has 5 nitrogen and oxygen atoms in total. The quantitative estimate of drug-likeness (QED) is 0.856. The van der Waals surface area contributed by atoms with E-state index in [0.717, 1.165) is 17.4 Å². The topological polar surface area (TPSA) is 66.5 Å². The lowest BCUT2D eigenvalue weighted by molar-refractivity contribution is -0.116. The molecule has 0 aliphatic carbocycles. The molecular weight excluding hydrogens is 343 g/mol. The van der Waals surface area contributed by atoms with Crippen LogP contribution < -0.4 is 9.62 Å². The van der Waals surface area contributed by atoms with Crippen LogP contribution in [0.2, 0.25) is 0 Å². The zero-order valence-corrected chi connectivity index (χ0v) is 15.2. The van der Waals surface area contributed by atoms with Gasteiger partial charge in [0.05, 0.1) is 17.6 Å². The number of hydrogen-bond donors (Lipinski definition) is 1. The predicted molar refractivity (Wildman–Crippen MR) is 97.8 cm³/mol. The van der Waals surface area contributed by atoms with Gasteiger partial charge in [-0.3, -0.25) is 9.10 Å². The Morgan fingerprint density at radius 3 is 2.40 bits per heavy atom. The summed E-state index contributed by atoms with van der Waals surface area (Å²) in [5.41, 5.74) is 2.59. The molecule has 0 saturated heterocycles. The third-order valence-corrected chi connectivity index (χ3v) is 5.06. The number of carbonyl (C=O) groups excluding carboxylic acids is 1. The highest BCUT2D eigenvalue weighted by Gasteiger charge is 2.19. The van der Waals surface area contributed by atoms with E-state index in [0.29, 0.717) is 5.69 Å². The third kappa shape index (κ3) is 5.03. The highest BCUT2D eigenvalue weighted by atomic mass is 32.2. The highest BCUT2D eigenvalue weighted by molar-refractivity contribution is 7.92. The van der Waals surface area contributed by atoms with Crippen molar-refractivity contribution in [2.24, 2.45) is 0 Å². The maximum absolute atomic E-state index is 13.6. The largest absolute Gasteiger partial charge is 0.324 e. The van der Waals surface area contributed by atoms with E-state index in [1.54, 1.807) is 18.2 Å². The molecule has 0 saturated carbocycles. The Labute approximate surface area is 147 Å². The Balaban J connectivity index is 2.12. The molecule has 1 N–H and O–H groups in total. The number of sulfonamides is 1. The van der Waals surface area contributed by atoms with Crippen molar-refractivity contribution in [3.63, 3.8) is 0 Å². The average Bonchev–Trinajstić information content (AvgIpc) is 2.52. The van der Waals surface area contributed by atoms with Gasteiger partial charge < -0.3 is 5.32 Å². The van der Waals surface area contributed by atoms with Crippen LogP contribution in [0.25, 0.3) is 0 Å². The molecule has 0 heterocycles. The lowest BCUT2D eigenvalue weighted by atomic mass is 10.1. The van der Waals surface area contributed by atoms with Gasteiger partial charge in [-0.25, -0.2) is 12.8 Å². The SMILES string of the molecule is Cc1ccc(N(CCC(=O)Nc2ccccc2F)S(C)(=O)=O)cc1C. The van der Waals surface area contributed by atoms with Gasteiger partial charge in [0.15, 0.2) is 0 Å². The molecule has 134 valence electrons. The number of hydrogen-bond acceptors (Lipinski definition) is 3. The number of rotatable bonds is 6. The van der Waals surface area contributed by atoms with Gasteiger partial charge in [0, 0.05) is 13.0 Å². The minimum Gasteiger partial charge on any atom is -0.324 e. The summed E-state index contributed by atoms with van der Waals surface area (Å²) < 4.78 is 38.9. The highest BCUT2D eigenvalue weighted by Crippen LogP contribution is 2.22. The summed E-state index contributed by atoms with van der Waals surface area (Å²) in [4.78, 5) is 12.0. The first-order valence-corrected chi connectivity index (χ1v) is 9.62. The number of halogens is 1. The average molecular weight is 364 g/mol. The van der Waals surface area contributed by atoms with Gasteiger partial charge in [-0.1, -0.05) is 18.2 Å². The van der Waals surface area contributed by atoms with E-state index < -0.39 is 21.7 Å². The van der Waals surface area contributed by atoms with E-state index >= 15 is 0 Å². The number of benzene rings is 2. The fourth-order valence-corrected chi connectivity index (χ4v) is 3.26. The maximum atomic E-state index is 13.6. The van der Waals surface area contributed by atoms with Crippen LogP contribution in [0.15, 0.2) is 42.5 Å². The first-order valence-electron chi connectivity index (χ1n) is 7.78. The zero-order chi connectivity index (χ0) is 18.6. The molecule has 0 bridgehead atoms. The minimum absolute atomic E-state index is 0.0262. The van der Waals surface area contributed by atoms with Crippen LogP contribution in [0.5, 0.6) is 0 Å². The normalized spacial score (nSPS) is 11.2. The Kier molecular flexibility index (Phi) is 5.79. The van der Waals surface area contributed by atoms with Gasteiger partial charge in [-0.05, 0) is 49.2 Å². The molecule has 0 aliphatic rings. The molecule has 0 fully saturated rings. The van der Waals surface area contributed by atoms with Crippen molar-refractivity contribution in [3.05, 3.63) is 59.4 Å². The number of para-hydroxylation sites is 1. The molecule has 7 heteroatoms. The molecule has 0 aromatic heterocycles. The molecule has 25 heavy (non-hydrogen) atoms. The monoisotopic (exact) mass is 364 g/mol. The summed E-state index contributed by atoms with van der Waals surface area (Å²) in [6.07, 6.45) is 1.01. The van der Waals surface area contributed by atoms with Crippen LogP contribution in [-0.2, 0) is 14.8 Å². The first kappa shape index (κ1) is 18.9. The lowest BCUT2D eigenvalue weighted by Gasteiger charge is -2.23. The predicted octanol–water partition coefficient (Wildman–Crippen LogP) is 3.24. The van der Waals surface area contributed by atoms with E-state index in [1.807, 2.05) is 19.9 Å². The van der Waals surface area contributed by atoms with Gasteiger partial charge in [0.2, 0.25) is 15.9 Å². The van der Waals surface area contributed by atoms with Crippen molar-refractivity contribution in [1.82, 2.24) is 0 Å². The standard InChI is InChI=1S/C18H21FN2O3S/c1-13-8-9-15(12-14(13)2)21(25(3,23)24)11-10-18(22)20-17-7-5-4-6-16(17)19/h4-9,12H,10-11H2,1-3H3,(H,20,22). The second kappa shape index (κ2) is 7.65. The van der Waals surface area contributed by atoms with E-state index in [4.69, 9.17) is 0 Å². The van der Waals surface area contributed by atoms with Gasteiger partial charge in [0.1, 0.15) is 5.82 Å². The second-order valence-electron chi connectivity index (χ2n) is 5.88. The number of nitrogens with one attached hydrogen (secondary N) is 1. The summed E-state index contributed by atoms with van der Waals surface area (Å²) in [7, 11) is -3.55. The fraction of sp³-hybridized carbons (Fsp3) is 0.278. The molecule has 0 spiro atoms. The van der Waals surface area contributed by atoms with E-state index in [1.165, 1.54) is 22.5 Å².